The van der Waals surface area contributed by atoms with E-state index in [1.54, 1.807) is 0 Å². The molecule has 2 N–H and O–H groups in total. The molecule has 0 aliphatic rings. The van der Waals surface area contributed by atoms with Gasteiger partial charge in [0, 0.05) is 23.5 Å². The molecule has 0 aliphatic carbocycles. The lowest BCUT2D eigenvalue weighted by Crippen LogP contribution is -2.14. The van der Waals surface area contributed by atoms with Crippen LogP contribution in [0, 0.1) is 0 Å². The van der Waals surface area contributed by atoms with Gasteiger partial charge in [0.15, 0.2) is 0 Å². The normalized spacial score (nSPS) is 10.9. The van der Waals surface area contributed by atoms with Gasteiger partial charge in [-0.05, 0) is 37.4 Å². The largest absolute Gasteiger partial charge is 0.322 e. The van der Waals surface area contributed by atoms with E-state index in [0.717, 1.165) is 16.6 Å². The number of anilines is 1. The van der Waals surface area contributed by atoms with E-state index < -0.39 is 0 Å². The summed E-state index contributed by atoms with van der Waals surface area (Å²) >= 11 is 0. The third-order valence-corrected chi connectivity index (χ3v) is 4.15. The van der Waals surface area contributed by atoms with Crippen LogP contribution in [0.15, 0.2) is 67.1 Å². The SMILES string of the molecule is CNCc1ncc(C(=O)Nc2ccc(-n3ncc4ccccc43)cc2)cn1. The van der Waals surface area contributed by atoms with E-state index in [4.69, 9.17) is 0 Å². The number of rotatable bonds is 5. The van der Waals surface area contributed by atoms with Gasteiger partial charge >= 0.3 is 0 Å². The van der Waals surface area contributed by atoms with Crippen molar-refractivity contribution in [2.45, 2.75) is 6.54 Å². The number of para-hydroxylation sites is 1. The van der Waals surface area contributed by atoms with Crippen LogP contribution in [0.1, 0.15) is 16.2 Å². The Balaban J connectivity index is 1.50. The molecule has 2 heterocycles. The first-order valence-corrected chi connectivity index (χ1v) is 8.54. The highest BCUT2D eigenvalue weighted by atomic mass is 16.1. The Morgan fingerprint density at radius 2 is 1.74 bits per heavy atom. The molecule has 7 nitrogen and oxygen atoms in total. The average molecular weight is 358 g/mol. The first-order valence-electron chi connectivity index (χ1n) is 8.54. The number of carbonyl (C=O) groups is 1. The zero-order valence-electron chi connectivity index (χ0n) is 14.8. The van der Waals surface area contributed by atoms with Gasteiger partial charge in [-0.25, -0.2) is 14.6 Å². The van der Waals surface area contributed by atoms with Crippen molar-refractivity contribution < 1.29 is 4.79 Å². The van der Waals surface area contributed by atoms with Crippen LogP contribution in [0.3, 0.4) is 0 Å². The molecule has 134 valence electrons. The maximum absolute atomic E-state index is 12.3. The molecule has 7 heteroatoms. The predicted molar refractivity (Wildman–Crippen MR) is 104 cm³/mol. The molecule has 0 atom stereocenters. The minimum atomic E-state index is -0.247. The van der Waals surface area contributed by atoms with E-state index in [2.05, 4.69) is 25.7 Å². The van der Waals surface area contributed by atoms with Gasteiger partial charge in [-0.2, -0.15) is 5.10 Å². The van der Waals surface area contributed by atoms with E-state index in [-0.39, 0.29) is 5.91 Å². The van der Waals surface area contributed by atoms with Crippen molar-refractivity contribution in [3.05, 3.63) is 78.5 Å². The summed E-state index contributed by atoms with van der Waals surface area (Å²) in [5, 5.41) is 11.3. The number of carbonyl (C=O) groups excluding carboxylic acids is 1. The monoisotopic (exact) mass is 358 g/mol. The summed E-state index contributed by atoms with van der Waals surface area (Å²) in [6.07, 6.45) is 4.89. The first-order chi connectivity index (χ1) is 13.2. The molecule has 0 spiro atoms. The molecule has 0 bridgehead atoms. The molecule has 1 amide bonds. The number of fused-ring (bicyclic) bond motifs is 1. The lowest BCUT2D eigenvalue weighted by molar-refractivity contribution is 0.102. The molecule has 0 unspecified atom stereocenters. The Labute approximate surface area is 156 Å². The Bertz CT molecular complexity index is 1070. The fourth-order valence-corrected chi connectivity index (χ4v) is 2.79. The van der Waals surface area contributed by atoms with E-state index in [1.165, 1.54) is 12.4 Å². The molecule has 0 saturated heterocycles. The minimum absolute atomic E-state index is 0.247. The smallest absolute Gasteiger partial charge is 0.258 e. The van der Waals surface area contributed by atoms with E-state index >= 15 is 0 Å². The molecule has 4 rings (SSSR count). The molecular weight excluding hydrogens is 340 g/mol. The zero-order valence-corrected chi connectivity index (χ0v) is 14.8. The molecule has 2 aromatic heterocycles. The van der Waals surface area contributed by atoms with E-state index in [0.29, 0.717) is 23.6 Å². The number of amides is 1. The third kappa shape index (κ3) is 3.54. The van der Waals surface area contributed by atoms with Crippen LogP contribution in [0.4, 0.5) is 5.69 Å². The molecule has 0 saturated carbocycles. The van der Waals surface area contributed by atoms with Gasteiger partial charge in [-0.15, -0.1) is 0 Å². The quantitative estimate of drug-likeness (QED) is 0.573. The summed E-state index contributed by atoms with van der Waals surface area (Å²) in [7, 11) is 1.82. The highest BCUT2D eigenvalue weighted by molar-refractivity contribution is 6.03. The summed E-state index contributed by atoms with van der Waals surface area (Å²) in [5.74, 6) is 0.396. The molecule has 0 radical (unpaired) electrons. The Morgan fingerprint density at radius 1 is 1.00 bits per heavy atom. The van der Waals surface area contributed by atoms with Crippen LogP contribution in [0.5, 0.6) is 0 Å². The predicted octanol–water partition coefficient (Wildman–Crippen LogP) is 2.79. The second-order valence-corrected chi connectivity index (χ2v) is 6.03. The summed E-state index contributed by atoms with van der Waals surface area (Å²) in [5.41, 5.74) is 3.07. The van der Waals surface area contributed by atoms with Crippen molar-refractivity contribution in [3.8, 4) is 5.69 Å². The highest BCUT2D eigenvalue weighted by Gasteiger charge is 2.09. The number of nitrogens with one attached hydrogen (secondary N) is 2. The van der Waals surface area contributed by atoms with Gasteiger partial charge in [0.25, 0.3) is 5.91 Å². The number of aromatic nitrogens is 4. The molecule has 0 fully saturated rings. The fourth-order valence-electron chi connectivity index (χ4n) is 2.79. The number of nitrogens with zero attached hydrogens (tertiary/aromatic N) is 4. The first kappa shape index (κ1) is 16.9. The standard InChI is InChI=1S/C20H18N6O/c1-21-13-19-22-10-15(11-23-19)20(27)25-16-6-8-17(9-7-16)26-18-5-3-2-4-14(18)12-24-26/h2-12,21H,13H2,1H3,(H,25,27). The molecular formula is C20H18N6O. The lowest BCUT2D eigenvalue weighted by Gasteiger charge is -2.08. The number of hydrogen-bond donors (Lipinski definition) is 2. The van der Waals surface area contributed by atoms with Gasteiger partial charge < -0.3 is 10.6 Å². The van der Waals surface area contributed by atoms with Crippen LogP contribution in [0.2, 0.25) is 0 Å². The van der Waals surface area contributed by atoms with Gasteiger partial charge in [0.1, 0.15) is 5.82 Å². The molecule has 0 aliphatic heterocycles. The maximum Gasteiger partial charge on any atom is 0.258 e. The summed E-state index contributed by atoms with van der Waals surface area (Å²) in [4.78, 5) is 20.7. The molecule has 2 aromatic carbocycles. The molecule has 27 heavy (non-hydrogen) atoms. The van der Waals surface area contributed by atoms with Crippen LogP contribution in [-0.4, -0.2) is 32.7 Å². The minimum Gasteiger partial charge on any atom is -0.322 e. The molecule has 4 aromatic rings. The van der Waals surface area contributed by atoms with Gasteiger partial charge in [0.05, 0.1) is 29.5 Å². The second-order valence-electron chi connectivity index (χ2n) is 6.03. The lowest BCUT2D eigenvalue weighted by atomic mass is 10.2. The summed E-state index contributed by atoms with van der Waals surface area (Å²) in [6, 6.07) is 15.6. The zero-order chi connectivity index (χ0) is 18.6. The fraction of sp³-hybridized carbons (Fsp3) is 0.100. The second kappa shape index (κ2) is 7.35. The Hall–Kier alpha value is -3.58. The summed E-state index contributed by atoms with van der Waals surface area (Å²) in [6.45, 7) is 0.561. The maximum atomic E-state index is 12.3. The Kier molecular flexibility index (Phi) is 4.59. The van der Waals surface area contributed by atoms with Crippen molar-refractivity contribution in [3.63, 3.8) is 0 Å². The van der Waals surface area contributed by atoms with Crippen molar-refractivity contribution >= 4 is 22.5 Å². The highest BCUT2D eigenvalue weighted by Crippen LogP contribution is 2.19. The van der Waals surface area contributed by atoms with Crippen LogP contribution < -0.4 is 10.6 Å². The van der Waals surface area contributed by atoms with Crippen LogP contribution in [0.25, 0.3) is 16.6 Å². The third-order valence-electron chi connectivity index (χ3n) is 4.15. The van der Waals surface area contributed by atoms with E-state index in [1.807, 2.05) is 66.5 Å². The van der Waals surface area contributed by atoms with Crippen LogP contribution in [-0.2, 0) is 6.54 Å². The number of hydrogen-bond acceptors (Lipinski definition) is 5. The van der Waals surface area contributed by atoms with Crippen molar-refractivity contribution in [1.29, 1.82) is 0 Å². The average Bonchev–Trinajstić information content (AvgIpc) is 3.13. The number of benzene rings is 2. The van der Waals surface area contributed by atoms with Crippen molar-refractivity contribution in [2.75, 3.05) is 12.4 Å². The van der Waals surface area contributed by atoms with Gasteiger partial charge in [0.2, 0.25) is 0 Å². The van der Waals surface area contributed by atoms with Crippen molar-refractivity contribution in [2.24, 2.45) is 0 Å². The van der Waals surface area contributed by atoms with E-state index in [9.17, 15) is 4.79 Å². The van der Waals surface area contributed by atoms with Gasteiger partial charge in [-0.3, -0.25) is 4.79 Å². The van der Waals surface area contributed by atoms with Gasteiger partial charge in [-0.1, -0.05) is 18.2 Å². The topological polar surface area (TPSA) is 84.7 Å². The van der Waals surface area contributed by atoms with Crippen LogP contribution >= 0.6 is 0 Å². The van der Waals surface area contributed by atoms with Crippen molar-refractivity contribution in [1.82, 2.24) is 25.1 Å². The summed E-state index contributed by atoms with van der Waals surface area (Å²) < 4.78 is 1.87. The Morgan fingerprint density at radius 3 is 2.48 bits per heavy atom.